The van der Waals surface area contributed by atoms with Gasteiger partial charge < -0.3 is 24.8 Å². The summed E-state index contributed by atoms with van der Waals surface area (Å²) in [4.78, 5) is 30.4. The van der Waals surface area contributed by atoms with Crippen molar-refractivity contribution in [1.82, 2.24) is 9.80 Å². The van der Waals surface area contributed by atoms with Crippen LogP contribution in [0.1, 0.15) is 35.3 Å². The van der Waals surface area contributed by atoms with Crippen LogP contribution in [0.15, 0.2) is 103 Å². The molecule has 4 aromatic carbocycles. The highest BCUT2D eigenvalue weighted by Gasteiger charge is 2.42. The predicted molar refractivity (Wildman–Crippen MR) is 176 cm³/mol. The van der Waals surface area contributed by atoms with Gasteiger partial charge in [0.25, 0.3) is 11.8 Å². The largest absolute Gasteiger partial charge is 0.486 e. The number of carbonyl (C=O) groups is 2. The van der Waals surface area contributed by atoms with E-state index >= 15 is 8.78 Å². The maximum atomic E-state index is 15.2. The highest BCUT2D eigenvalue weighted by Crippen LogP contribution is 2.37. The molecular formula is C37H39F2N3O5. The molecule has 3 atom stereocenters. The quantitative estimate of drug-likeness (QED) is 0.192. The topological polar surface area (TPSA) is 91.3 Å². The summed E-state index contributed by atoms with van der Waals surface area (Å²) < 4.78 is 42.8. The Balaban J connectivity index is 1.38. The Morgan fingerprint density at radius 3 is 2.30 bits per heavy atom. The molecule has 47 heavy (non-hydrogen) atoms. The first-order valence-corrected chi connectivity index (χ1v) is 15.5. The zero-order chi connectivity index (χ0) is 33.6. The number of ether oxygens (including phenoxy) is 2. The van der Waals surface area contributed by atoms with Crippen molar-refractivity contribution in [2.24, 2.45) is 5.92 Å². The van der Waals surface area contributed by atoms with Crippen LogP contribution in [0.2, 0.25) is 0 Å². The number of halogens is 2. The molecule has 246 valence electrons. The number of anilines is 1. The molecule has 0 saturated heterocycles. The van der Waals surface area contributed by atoms with Crippen LogP contribution in [0.3, 0.4) is 0 Å². The fraction of sp³-hybridized carbons (Fsp3) is 0.297. The van der Waals surface area contributed by atoms with E-state index in [1.165, 1.54) is 42.5 Å². The fourth-order valence-corrected chi connectivity index (χ4v) is 5.51. The molecule has 8 nitrogen and oxygen atoms in total. The Bertz CT molecular complexity index is 1650. The number of amides is 2. The number of likely N-dealkylation sites (N-methyl/N-ethyl adjacent to an activating group) is 1. The second-order valence-corrected chi connectivity index (χ2v) is 12.0. The summed E-state index contributed by atoms with van der Waals surface area (Å²) in [5.74, 6) is -4.55. The minimum absolute atomic E-state index is 0.0113. The smallest absolute Gasteiger partial charge is 0.350 e. The van der Waals surface area contributed by atoms with Gasteiger partial charge in [-0.1, -0.05) is 73.7 Å². The van der Waals surface area contributed by atoms with Gasteiger partial charge in [-0.25, -0.2) is 0 Å². The number of benzene rings is 4. The van der Waals surface area contributed by atoms with Gasteiger partial charge in [-0.15, -0.1) is 0 Å². The van der Waals surface area contributed by atoms with E-state index in [1.807, 2.05) is 68.6 Å². The van der Waals surface area contributed by atoms with Crippen molar-refractivity contribution in [3.63, 3.8) is 0 Å². The molecule has 0 radical (unpaired) electrons. The normalized spacial score (nSPS) is 17.3. The van der Waals surface area contributed by atoms with Crippen LogP contribution >= 0.6 is 0 Å². The molecule has 0 saturated carbocycles. The summed E-state index contributed by atoms with van der Waals surface area (Å²) in [6.07, 6.45) is -0.506. The first-order chi connectivity index (χ1) is 22.6. The van der Waals surface area contributed by atoms with Crippen LogP contribution in [0, 0.1) is 5.92 Å². The molecule has 1 aliphatic rings. The Morgan fingerprint density at radius 2 is 1.64 bits per heavy atom. The second-order valence-electron chi connectivity index (χ2n) is 12.0. The number of hydrogen-bond acceptors (Lipinski definition) is 6. The van der Waals surface area contributed by atoms with Crippen molar-refractivity contribution < 1.29 is 33.0 Å². The summed E-state index contributed by atoms with van der Waals surface area (Å²) in [5, 5.41) is 12.3. The average Bonchev–Trinajstić information content (AvgIpc) is 3.08. The van der Waals surface area contributed by atoms with Crippen LogP contribution in [-0.4, -0.2) is 65.6 Å². The van der Waals surface area contributed by atoms with E-state index in [0.717, 1.165) is 11.3 Å². The zero-order valence-corrected chi connectivity index (χ0v) is 26.6. The number of fused-ring (bicyclic) bond motifs is 1. The Labute approximate surface area is 273 Å². The van der Waals surface area contributed by atoms with Gasteiger partial charge >= 0.3 is 5.92 Å². The Hall–Kier alpha value is -4.80. The van der Waals surface area contributed by atoms with E-state index in [9.17, 15) is 14.7 Å². The molecule has 0 fully saturated rings. The monoisotopic (exact) mass is 643 g/mol. The van der Waals surface area contributed by atoms with Crippen LogP contribution in [0.4, 0.5) is 14.5 Å². The SMILES string of the molecule is C[C@@H]1CN([C@@H](C)CO)C(=O)c2cccc(NC(=O)C(F)(F)c3ccccc3)c2O[C@@H]1CN(C)Cc1ccc(Oc2ccccc2)cc1. The van der Waals surface area contributed by atoms with E-state index in [-0.39, 0.29) is 29.5 Å². The number of nitrogens with zero attached hydrogens (tertiary/aromatic N) is 2. The second kappa shape index (κ2) is 14.7. The highest BCUT2D eigenvalue weighted by molar-refractivity contribution is 6.03. The third kappa shape index (κ3) is 7.96. The van der Waals surface area contributed by atoms with Gasteiger partial charge in [0.1, 0.15) is 17.6 Å². The minimum atomic E-state index is -3.83. The number of rotatable bonds is 11. The third-order valence-corrected chi connectivity index (χ3v) is 8.21. The molecule has 4 aromatic rings. The highest BCUT2D eigenvalue weighted by atomic mass is 19.3. The van der Waals surface area contributed by atoms with Crippen molar-refractivity contribution in [3.8, 4) is 17.2 Å². The lowest BCUT2D eigenvalue weighted by Crippen LogP contribution is -2.49. The van der Waals surface area contributed by atoms with Gasteiger partial charge in [0.15, 0.2) is 5.75 Å². The first kappa shape index (κ1) is 33.6. The van der Waals surface area contributed by atoms with Crippen LogP contribution in [-0.2, 0) is 17.3 Å². The van der Waals surface area contributed by atoms with Crippen LogP contribution in [0.25, 0.3) is 0 Å². The van der Waals surface area contributed by atoms with Crippen molar-refractivity contribution >= 4 is 17.5 Å². The lowest BCUT2D eigenvalue weighted by atomic mass is 9.98. The molecule has 2 amide bonds. The van der Waals surface area contributed by atoms with E-state index in [4.69, 9.17) is 9.47 Å². The summed E-state index contributed by atoms with van der Waals surface area (Å²) in [6.45, 7) is 4.71. The van der Waals surface area contributed by atoms with E-state index in [0.29, 0.717) is 25.4 Å². The maximum Gasteiger partial charge on any atom is 0.350 e. The van der Waals surface area contributed by atoms with Crippen molar-refractivity contribution in [2.75, 3.05) is 32.1 Å². The van der Waals surface area contributed by atoms with Gasteiger partial charge in [-0.05, 0) is 55.9 Å². The van der Waals surface area contributed by atoms with Crippen molar-refractivity contribution in [2.45, 2.75) is 38.5 Å². The Kier molecular flexibility index (Phi) is 10.5. The number of carbonyl (C=O) groups excluding carboxylic acids is 2. The standard InChI is InChI=1S/C37H39F2N3O5/c1-25-21-42(26(2)24-43)35(44)31-15-10-16-32(40-36(45)37(38,39)28-11-6-4-7-12-28)34(31)47-33(25)23-41(3)22-27-17-19-30(20-18-27)46-29-13-8-5-9-14-29/h4-20,25-26,33,43H,21-24H2,1-3H3,(H,40,45)/t25-,26+,33-/m1/s1. The molecule has 1 heterocycles. The summed E-state index contributed by atoms with van der Waals surface area (Å²) in [5.41, 5.74) is 0.654. The molecule has 0 bridgehead atoms. The number of aliphatic hydroxyl groups excluding tert-OH is 1. The van der Waals surface area contributed by atoms with Gasteiger partial charge in [-0.3, -0.25) is 14.5 Å². The molecule has 2 N–H and O–H groups in total. The van der Waals surface area contributed by atoms with Crippen LogP contribution < -0.4 is 14.8 Å². The van der Waals surface area contributed by atoms with Gasteiger partial charge in [-0.2, -0.15) is 8.78 Å². The lowest BCUT2D eigenvalue weighted by Gasteiger charge is -2.38. The molecule has 0 unspecified atom stereocenters. The van der Waals surface area contributed by atoms with E-state index in [2.05, 4.69) is 10.2 Å². The first-order valence-electron chi connectivity index (χ1n) is 15.5. The number of nitrogens with one attached hydrogen (secondary N) is 1. The van der Waals surface area contributed by atoms with Crippen molar-refractivity contribution in [1.29, 1.82) is 0 Å². The van der Waals surface area contributed by atoms with Gasteiger partial charge in [0, 0.05) is 31.1 Å². The number of para-hydroxylation sites is 2. The zero-order valence-electron chi connectivity index (χ0n) is 26.6. The summed E-state index contributed by atoms with van der Waals surface area (Å²) in [7, 11) is 1.94. The van der Waals surface area contributed by atoms with Crippen LogP contribution in [0.5, 0.6) is 17.2 Å². The number of aliphatic hydroxyl groups is 1. The molecule has 10 heteroatoms. The fourth-order valence-electron chi connectivity index (χ4n) is 5.51. The number of alkyl halides is 2. The molecule has 5 rings (SSSR count). The summed E-state index contributed by atoms with van der Waals surface area (Å²) in [6, 6.07) is 28.1. The molecular weight excluding hydrogens is 604 g/mol. The minimum Gasteiger partial charge on any atom is -0.486 e. The average molecular weight is 644 g/mol. The number of hydrogen-bond donors (Lipinski definition) is 2. The maximum absolute atomic E-state index is 15.2. The van der Waals surface area contributed by atoms with Gasteiger partial charge in [0.05, 0.1) is 23.9 Å². The van der Waals surface area contributed by atoms with E-state index < -0.39 is 35.4 Å². The van der Waals surface area contributed by atoms with E-state index in [1.54, 1.807) is 17.9 Å². The lowest BCUT2D eigenvalue weighted by molar-refractivity contribution is -0.140. The third-order valence-electron chi connectivity index (χ3n) is 8.21. The molecule has 0 spiro atoms. The van der Waals surface area contributed by atoms with Gasteiger partial charge in [0.2, 0.25) is 0 Å². The molecule has 0 aliphatic carbocycles. The van der Waals surface area contributed by atoms with Crippen molar-refractivity contribution in [3.05, 3.63) is 120 Å². The molecule has 0 aromatic heterocycles. The summed E-state index contributed by atoms with van der Waals surface area (Å²) >= 11 is 0. The Morgan fingerprint density at radius 1 is 1.00 bits per heavy atom. The molecule has 1 aliphatic heterocycles. The predicted octanol–water partition coefficient (Wildman–Crippen LogP) is 6.56.